The Morgan fingerprint density at radius 3 is 2.21 bits per heavy atom. The van der Waals surface area contributed by atoms with Gasteiger partial charge in [-0.3, -0.25) is 14.6 Å². The molecule has 0 atom stereocenters. The second-order valence-corrected chi connectivity index (χ2v) is 8.12. The van der Waals surface area contributed by atoms with E-state index >= 15 is 0 Å². The standard InChI is InChI=1S/C23H26FN3O2/c1-14-19(11-16(12-20(14)24)23(29)27-18-8-9-18)21-10-7-15(13-25-21)22(28)26-17-5-3-2-4-6-17/h7,10-13,17-18H,2-6,8-9H2,1H3,(H,26,28)(H,27,29). The van der Waals surface area contributed by atoms with E-state index in [1.54, 1.807) is 25.1 Å². The van der Waals surface area contributed by atoms with Crippen molar-refractivity contribution in [1.82, 2.24) is 15.6 Å². The average molecular weight is 395 g/mol. The SMILES string of the molecule is Cc1c(F)cc(C(=O)NC2CC2)cc1-c1ccc(C(=O)NC2CCCCC2)cn1. The van der Waals surface area contributed by atoms with E-state index in [1.807, 2.05) is 0 Å². The lowest BCUT2D eigenvalue weighted by Crippen LogP contribution is -2.36. The molecular formula is C23H26FN3O2. The first-order valence-electron chi connectivity index (χ1n) is 10.4. The minimum atomic E-state index is -0.440. The molecule has 2 amide bonds. The minimum absolute atomic E-state index is 0.128. The van der Waals surface area contributed by atoms with Crippen molar-refractivity contribution in [2.24, 2.45) is 0 Å². The highest BCUT2D eigenvalue weighted by atomic mass is 19.1. The molecule has 152 valence electrons. The van der Waals surface area contributed by atoms with Crippen LogP contribution in [0.4, 0.5) is 4.39 Å². The zero-order valence-electron chi connectivity index (χ0n) is 16.6. The van der Waals surface area contributed by atoms with Crippen LogP contribution in [0.5, 0.6) is 0 Å². The highest BCUT2D eigenvalue weighted by molar-refractivity contribution is 5.96. The van der Waals surface area contributed by atoms with Crippen molar-refractivity contribution in [2.45, 2.75) is 64.0 Å². The number of amides is 2. The topological polar surface area (TPSA) is 71.1 Å². The Hall–Kier alpha value is -2.76. The zero-order chi connectivity index (χ0) is 20.4. The molecule has 0 bridgehead atoms. The predicted octanol–water partition coefficient (Wildman–Crippen LogP) is 4.15. The second-order valence-electron chi connectivity index (χ2n) is 8.12. The normalized spacial score (nSPS) is 17.0. The molecule has 0 saturated heterocycles. The fourth-order valence-electron chi connectivity index (χ4n) is 3.78. The van der Waals surface area contributed by atoms with Gasteiger partial charge in [0.15, 0.2) is 0 Å². The van der Waals surface area contributed by atoms with Crippen LogP contribution in [0.25, 0.3) is 11.3 Å². The molecule has 1 aromatic heterocycles. The molecule has 2 saturated carbocycles. The van der Waals surface area contributed by atoms with Crippen LogP contribution in [0.3, 0.4) is 0 Å². The third-order valence-electron chi connectivity index (χ3n) is 5.76. The fourth-order valence-corrected chi connectivity index (χ4v) is 3.78. The zero-order valence-corrected chi connectivity index (χ0v) is 16.6. The quantitative estimate of drug-likeness (QED) is 0.799. The molecule has 1 aromatic carbocycles. The van der Waals surface area contributed by atoms with E-state index in [-0.39, 0.29) is 29.5 Å². The highest BCUT2D eigenvalue weighted by Gasteiger charge is 2.25. The lowest BCUT2D eigenvalue weighted by Gasteiger charge is -2.22. The Morgan fingerprint density at radius 1 is 0.931 bits per heavy atom. The van der Waals surface area contributed by atoms with Crippen LogP contribution in [0, 0.1) is 12.7 Å². The molecule has 2 fully saturated rings. The number of carbonyl (C=O) groups excluding carboxylic acids is 2. The Kier molecular flexibility index (Phi) is 5.60. The Morgan fingerprint density at radius 2 is 1.59 bits per heavy atom. The first-order chi connectivity index (χ1) is 14.0. The summed E-state index contributed by atoms with van der Waals surface area (Å²) in [5, 5.41) is 5.95. The van der Waals surface area contributed by atoms with Gasteiger partial charge in [0.05, 0.1) is 11.3 Å². The van der Waals surface area contributed by atoms with Gasteiger partial charge in [-0.25, -0.2) is 4.39 Å². The van der Waals surface area contributed by atoms with E-state index in [9.17, 15) is 14.0 Å². The van der Waals surface area contributed by atoms with Crippen molar-refractivity contribution in [1.29, 1.82) is 0 Å². The average Bonchev–Trinajstić information content (AvgIpc) is 3.55. The third-order valence-corrected chi connectivity index (χ3v) is 5.76. The van der Waals surface area contributed by atoms with Crippen molar-refractivity contribution in [3.63, 3.8) is 0 Å². The van der Waals surface area contributed by atoms with Crippen LogP contribution in [0.1, 0.15) is 71.2 Å². The number of benzene rings is 1. The molecule has 2 aliphatic carbocycles. The molecule has 1 heterocycles. The number of carbonyl (C=O) groups is 2. The maximum Gasteiger partial charge on any atom is 0.253 e. The van der Waals surface area contributed by atoms with Gasteiger partial charge in [0.1, 0.15) is 5.82 Å². The molecule has 2 aromatic rings. The number of halogens is 1. The summed E-state index contributed by atoms with van der Waals surface area (Å²) < 4.78 is 14.4. The molecule has 0 unspecified atom stereocenters. The smallest absolute Gasteiger partial charge is 0.253 e. The van der Waals surface area contributed by atoms with Crippen molar-refractivity contribution in [3.8, 4) is 11.3 Å². The Balaban J connectivity index is 1.52. The van der Waals surface area contributed by atoms with Crippen LogP contribution in [-0.2, 0) is 0 Å². The summed E-state index contributed by atoms with van der Waals surface area (Å²) in [5.74, 6) is -0.836. The summed E-state index contributed by atoms with van der Waals surface area (Å²) in [5.41, 5.74) is 2.30. The molecule has 0 radical (unpaired) electrons. The summed E-state index contributed by atoms with van der Waals surface area (Å²) in [4.78, 5) is 29.2. The molecule has 2 aliphatic rings. The Bertz CT molecular complexity index is 916. The molecular weight excluding hydrogens is 369 g/mol. The van der Waals surface area contributed by atoms with Crippen molar-refractivity contribution < 1.29 is 14.0 Å². The molecule has 2 N–H and O–H groups in total. The van der Waals surface area contributed by atoms with Crippen LogP contribution >= 0.6 is 0 Å². The number of nitrogens with zero attached hydrogens (tertiary/aromatic N) is 1. The van der Waals surface area contributed by atoms with Gasteiger partial charge in [0.25, 0.3) is 11.8 Å². The van der Waals surface area contributed by atoms with Gasteiger partial charge in [-0.1, -0.05) is 19.3 Å². The summed E-state index contributed by atoms with van der Waals surface area (Å²) in [7, 11) is 0. The number of hydrogen-bond acceptors (Lipinski definition) is 3. The monoisotopic (exact) mass is 395 g/mol. The van der Waals surface area contributed by atoms with Gasteiger partial charge >= 0.3 is 0 Å². The van der Waals surface area contributed by atoms with Gasteiger partial charge in [-0.05, 0) is 62.4 Å². The second kappa shape index (κ2) is 8.31. The molecule has 0 aliphatic heterocycles. The molecule has 6 heteroatoms. The van der Waals surface area contributed by atoms with Gasteiger partial charge in [0, 0.05) is 29.4 Å². The highest BCUT2D eigenvalue weighted by Crippen LogP contribution is 2.27. The van der Waals surface area contributed by atoms with Crippen LogP contribution in [0.15, 0.2) is 30.5 Å². The molecule has 5 nitrogen and oxygen atoms in total. The van der Waals surface area contributed by atoms with Crippen molar-refractivity contribution in [3.05, 3.63) is 53.0 Å². The first-order valence-corrected chi connectivity index (χ1v) is 10.4. The van der Waals surface area contributed by atoms with Gasteiger partial charge in [0.2, 0.25) is 0 Å². The van der Waals surface area contributed by atoms with Crippen LogP contribution in [0.2, 0.25) is 0 Å². The van der Waals surface area contributed by atoms with Crippen LogP contribution < -0.4 is 10.6 Å². The lowest BCUT2D eigenvalue weighted by molar-refractivity contribution is 0.0924. The van der Waals surface area contributed by atoms with E-state index in [0.29, 0.717) is 22.4 Å². The Labute approximate surface area is 170 Å². The lowest BCUT2D eigenvalue weighted by atomic mass is 9.95. The number of nitrogens with one attached hydrogen (secondary N) is 2. The maximum atomic E-state index is 14.4. The van der Waals surface area contributed by atoms with Gasteiger partial charge < -0.3 is 10.6 Å². The van der Waals surface area contributed by atoms with Crippen molar-refractivity contribution in [2.75, 3.05) is 0 Å². The number of hydrogen-bond donors (Lipinski definition) is 2. The third kappa shape index (κ3) is 4.63. The van der Waals surface area contributed by atoms with Crippen molar-refractivity contribution >= 4 is 11.8 Å². The van der Waals surface area contributed by atoms with E-state index in [4.69, 9.17) is 0 Å². The molecule has 4 rings (SSSR count). The van der Waals surface area contributed by atoms with E-state index in [2.05, 4.69) is 15.6 Å². The fraction of sp³-hybridized carbons (Fsp3) is 0.435. The predicted molar refractivity (Wildman–Crippen MR) is 109 cm³/mol. The number of aromatic nitrogens is 1. The number of pyridine rings is 1. The summed E-state index contributed by atoms with van der Waals surface area (Å²) >= 11 is 0. The van der Waals surface area contributed by atoms with Crippen LogP contribution in [-0.4, -0.2) is 28.9 Å². The molecule has 29 heavy (non-hydrogen) atoms. The summed E-state index contributed by atoms with van der Waals surface area (Å²) in [6.45, 7) is 1.67. The minimum Gasteiger partial charge on any atom is -0.349 e. The van der Waals surface area contributed by atoms with Gasteiger partial charge in [-0.15, -0.1) is 0 Å². The van der Waals surface area contributed by atoms with Gasteiger partial charge in [-0.2, -0.15) is 0 Å². The van der Waals surface area contributed by atoms with E-state index < -0.39 is 5.82 Å². The summed E-state index contributed by atoms with van der Waals surface area (Å²) in [6.07, 6.45) is 9.03. The van der Waals surface area contributed by atoms with E-state index in [1.165, 1.54) is 18.7 Å². The number of rotatable bonds is 5. The molecule has 0 spiro atoms. The van der Waals surface area contributed by atoms with E-state index in [0.717, 1.165) is 38.5 Å². The summed E-state index contributed by atoms with van der Waals surface area (Å²) in [6, 6.07) is 6.78. The first kappa shape index (κ1) is 19.6. The maximum absolute atomic E-state index is 14.4. The largest absolute Gasteiger partial charge is 0.349 e.